The third-order valence-electron chi connectivity index (χ3n) is 8.41. The lowest BCUT2D eigenvalue weighted by molar-refractivity contribution is -0.131. The van der Waals surface area contributed by atoms with Crippen molar-refractivity contribution in [3.05, 3.63) is 77.4 Å². The molecule has 0 unspecified atom stereocenters. The molecule has 0 bridgehead atoms. The Balaban J connectivity index is 1.23. The summed E-state index contributed by atoms with van der Waals surface area (Å²) >= 11 is 6.27. The summed E-state index contributed by atoms with van der Waals surface area (Å²) in [5.41, 5.74) is 2.06. The number of fused-ring (bicyclic) bond motifs is 2. The van der Waals surface area contributed by atoms with Gasteiger partial charge in [-0.05, 0) is 68.3 Å². The summed E-state index contributed by atoms with van der Waals surface area (Å²) in [6.45, 7) is 5.08. The molecule has 2 aliphatic heterocycles. The standard InChI is InChI=1S/C32H35ClN4O2/c33-28-20-34-29-19-25(11-12-27(28)29)32(39)37(30-10-6-8-24-7-2-3-9-26(24)30)22-31(38)36-17-13-23(14-18-36)21-35-15-4-1-5-16-35/h2-3,6-12,19-20,23,34H,1,4-5,13-18,21-22H2. The maximum Gasteiger partial charge on any atom is 0.258 e. The van der Waals surface area contributed by atoms with Crippen molar-refractivity contribution in [3.63, 3.8) is 0 Å². The van der Waals surface area contributed by atoms with Crippen LogP contribution in [0.2, 0.25) is 5.02 Å². The molecule has 0 atom stereocenters. The maximum absolute atomic E-state index is 14.0. The number of H-pyrrole nitrogens is 1. The summed E-state index contributed by atoms with van der Waals surface area (Å²) in [5, 5.41) is 3.47. The van der Waals surface area contributed by atoms with Crippen LogP contribution in [0.15, 0.2) is 66.9 Å². The number of rotatable bonds is 6. The minimum absolute atomic E-state index is 0.00305. The highest BCUT2D eigenvalue weighted by atomic mass is 35.5. The van der Waals surface area contributed by atoms with Crippen LogP contribution in [0.25, 0.3) is 21.7 Å². The van der Waals surface area contributed by atoms with Crippen LogP contribution < -0.4 is 4.90 Å². The second-order valence-electron chi connectivity index (χ2n) is 11.0. The number of anilines is 1. The second-order valence-corrected chi connectivity index (χ2v) is 11.4. The Morgan fingerprint density at radius 3 is 2.49 bits per heavy atom. The Hall–Kier alpha value is -3.35. The van der Waals surface area contributed by atoms with E-state index in [2.05, 4.69) is 9.88 Å². The van der Waals surface area contributed by atoms with Crippen molar-refractivity contribution in [2.24, 2.45) is 5.92 Å². The van der Waals surface area contributed by atoms with E-state index in [4.69, 9.17) is 11.6 Å². The van der Waals surface area contributed by atoms with Crippen LogP contribution in [0.1, 0.15) is 42.5 Å². The average Bonchev–Trinajstić information content (AvgIpc) is 3.36. The normalized spacial score (nSPS) is 17.1. The van der Waals surface area contributed by atoms with Gasteiger partial charge in [0.15, 0.2) is 0 Å². The van der Waals surface area contributed by atoms with E-state index in [1.54, 1.807) is 17.2 Å². The molecule has 6 rings (SSSR count). The Labute approximate surface area is 234 Å². The zero-order valence-corrected chi connectivity index (χ0v) is 23.0. The number of nitrogens with one attached hydrogen (secondary N) is 1. The van der Waals surface area contributed by atoms with Gasteiger partial charge in [0, 0.05) is 47.7 Å². The van der Waals surface area contributed by atoms with Crippen molar-refractivity contribution < 1.29 is 9.59 Å². The van der Waals surface area contributed by atoms with Gasteiger partial charge < -0.3 is 14.8 Å². The molecular formula is C32H35ClN4O2. The summed E-state index contributed by atoms with van der Waals surface area (Å²) in [6, 6.07) is 19.4. The van der Waals surface area contributed by atoms with Gasteiger partial charge in [0.05, 0.1) is 10.7 Å². The molecular weight excluding hydrogens is 508 g/mol. The van der Waals surface area contributed by atoms with E-state index in [1.807, 2.05) is 59.5 Å². The molecule has 39 heavy (non-hydrogen) atoms. The highest BCUT2D eigenvalue weighted by Crippen LogP contribution is 2.30. The summed E-state index contributed by atoms with van der Waals surface area (Å²) < 4.78 is 0. The zero-order valence-electron chi connectivity index (χ0n) is 22.2. The van der Waals surface area contributed by atoms with Crippen LogP contribution >= 0.6 is 11.6 Å². The van der Waals surface area contributed by atoms with Gasteiger partial charge in [-0.1, -0.05) is 60.5 Å². The number of piperidine rings is 2. The molecule has 202 valence electrons. The highest BCUT2D eigenvalue weighted by Gasteiger charge is 2.29. The number of halogens is 1. The number of nitrogens with zero attached hydrogens (tertiary/aromatic N) is 3. The first-order valence-corrected chi connectivity index (χ1v) is 14.5. The first kappa shape index (κ1) is 25.9. The van der Waals surface area contributed by atoms with E-state index in [1.165, 1.54) is 32.4 Å². The fraction of sp³-hybridized carbons (Fsp3) is 0.375. The zero-order chi connectivity index (χ0) is 26.8. The van der Waals surface area contributed by atoms with Gasteiger partial charge in [-0.15, -0.1) is 0 Å². The van der Waals surface area contributed by atoms with Gasteiger partial charge in [-0.2, -0.15) is 0 Å². The predicted octanol–water partition coefficient (Wildman–Crippen LogP) is 6.35. The third-order valence-corrected chi connectivity index (χ3v) is 8.72. The van der Waals surface area contributed by atoms with Crippen LogP contribution in [-0.4, -0.2) is 65.9 Å². The van der Waals surface area contributed by atoms with E-state index >= 15 is 0 Å². The Morgan fingerprint density at radius 2 is 1.67 bits per heavy atom. The van der Waals surface area contributed by atoms with E-state index in [0.717, 1.165) is 59.8 Å². The molecule has 4 aromatic rings. The predicted molar refractivity (Wildman–Crippen MR) is 159 cm³/mol. The monoisotopic (exact) mass is 542 g/mol. The van der Waals surface area contributed by atoms with Crippen molar-refractivity contribution in [1.29, 1.82) is 0 Å². The third kappa shape index (κ3) is 5.54. The average molecular weight is 543 g/mol. The molecule has 1 N–H and O–H groups in total. The van der Waals surface area contributed by atoms with Crippen molar-refractivity contribution in [1.82, 2.24) is 14.8 Å². The number of aromatic nitrogens is 1. The number of carbonyl (C=O) groups excluding carboxylic acids is 2. The van der Waals surface area contributed by atoms with E-state index in [-0.39, 0.29) is 18.4 Å². The van der Waals surface area contributed by atoms with Gasteiger partial charge in [0.25, 0.3) is 5.91 Å². The van der Waals surface area contributed by atoms with Crippen LogP contribution in [0.3, 0.4) is 0 Å². The number of amides is 2. The van der Waals surface area contributed by atoms with Gasteiger partial charge >= 0.3 is 0 Å². The summed E-state index contributed by atoms with van der Waals surface area (Å²) in [5.74, 6) is 0.436. The number of hydrogen-bond donors (Lipinski definition) is 1. The van der Waals surface area contributed by atoms with E-state index < -0.39 is 0 Å². The van der Waals surface area contributed by atoms with Gasteiger partial charge in [-0.3, -0.25) is 14.5 Å². The molecule has 0 spiro atoms. The molecule has 0 saturated carbocycles. The molecule has 2 aliphatic rings. The van der Waals surface area contributed by atoms with Crippen molar-refractivity contribution in [2.75, 3.05) is 44.2 Å². The van der Waals surface area contributed by atoms with Gasteiger partial charge in [0.2, 0.25) is 5.91 Å². The fourth-order valence-corrected chi connectivity index (χ4v) is 6.42. The van der Waals surface area contributed by atoms with Gasteiger partial charge in [0.1, 0.15) is 6.54 Å². The maximum atomic E-state index is 14.0. The molecule has 2 saturated heterocycles. The number of benzene rings is 3. The molecule has 2 fully saturated rings. The Kier molecular flexibility index (Phi) is 7.58. The van der Waals surface area contributed by atoms with Crippen LogP contribution in [-0.2, 0) is 4.79 Å². The quantitative estimate of drug-likeness (QED) is 0.309. The fourth-order valence-electron chi connectivity index (χ4n) is 6.20. The first-order chi connectivity index (χ1) is 19.1. The number of aromatic amines is 1. The summed E-state index contributed by atoms with van der Waals surface area (Å²) in [4.78, 5) is 37.0. The number of carbonyl (C=O) groups is 2. The Morgan fingerprint density at radius 1 is 0.897 bits per heavy atom. The molecule has 3 heterocycles. The van der Waals surface area contributed by atoms with Crippen LogP contribution in [0.4, 0.5) is 5.69 Å². The summed E-state index contributed by atoms with van der Waals surface area (Å²) in [6.07, 6.45) is 7.73. The van der Waals surface area contributed by atoms with Gasteiger partial charge in [-0.25, -0.2) is 0 Å². The smallest absolute Gasteiger partial charge is 0.258 e. The lowest BCUT2D eigenvalue weighted by Gasteiger charge is -2.37. The molecule has 0 radical (unpaired) electrons. The van der Waals surface area contributed by atoms with Crippen molar-refractivity contribution in [2.45, 2.75) is 32.1 Å². The molecule has 2 amide bonds. The largest absolute Gasteiger partial charge is 0.360 e. The second kappa shape index (κ2) is 11.4. The lowest BCUT2D eigenvalue weighted by Crippen LogP contribution is -2.47. The number of hydrogen-bond acceptors (Lipinski definition) is 3. The Bertz CT molecular complexity index is 1480. The minimum Gasteiger partial charge on any atom is -0.360 e. The summed E-state index contributed by atoms with van der Waals surface area (Å²) in [7, 11) is 0. The first-order valence-electron chi connectivity index (χ1n) is 14.1. The molecule has 3 aromatic carbocycles. The minimum atomic E-state index is -0.202. The van der Waals surface area contributed by atoms with E-state index in [0.29, 0.717) is 16.5 Å². The topological polar surface area (TPSA) is 59.7 Å². The molecule has 6 nitrogen and oxygen atoms in total. The van der Waals surface area contributed by atoms with E-state index in [9.17, 15) is 9.59 Å². The van der Waals surface area contributed by atoms with Crippen molar-refractivity contribution in [3.8, 4) is 0 Å². The van der Waals surface area contributed by atoms with Crippen molar-refractivity contribution >= 4 is 50.8 Å². The molecule has 0 aliphatic carbocycles. The van der Waals surface area contributed by atoms with Crippen LogP contribution in [0.5, 0.6) is 0 Å². The lowest BCUT2D eigenvalue weighted by atomic mass is 9.95. The molecule has 1 aromatic heterocycles. The van der Waals surface area contributed by atoms with Crippen LogP contribution in [0, 0.1) is 5.92 Å². The SMILES string of the molecule is O=C(CN(C(=O)c1ccc2c(Cl)c[nH]c2c1)c1cccc2ccccc12)N1CCC(CN2CCCCC2)CC1. The molecule has 7 heteroatoms. The highest BCUT2D eigenvalue weighted by molar-refractivity contribution is 6.35. The number of likely N-dealkylation sites (tertiary alicyclic amines) is 2.